The van der Waals surface area contributed by atoms with E-state index in [9.17, 15) is 0 Å². The van der Waals surface area contributed by atoms with Crippen molar-refractivity contribution in [1.29, 1.82) is 0 Å². The molecule has 0 nitrogen and oxygen atoms in total. The molecule has 5 aromatic carbocycles. The third kappa shape index (κ3) is 3.58. The normalized spacial score (nSPS) is 13.2. The first-order valence-electron chi connectivity index (χ1n) is 13.2. The van der Waals surface area contributed by atoms with Crippen molar-refractivity contribution in [2.24, 2.45) is 0 Å². The summed E-state index contributed by atoms with van der Waals surface area (Å²) in [4.78, 5) is 0. The molecule has 0 N–H and O–H groups in total. The fourth-order valence-corrected chi connectivity index (χ4v) is 6.10. The summed E-state index contributed by atoms with van der Waals surface area (Å²) in [5, 5.41) is 5.09. The molecule has 0 atom stereocenters. The van der Waals surface area contributed by atoms with E-state index in [4.69, 9.17) is 0 Å². The van der Waals surface area contributed by atoms with Crippen LogP contribution in [-0.2, 0) is 12.8 Å². The van der Waals surface area contributed by atoms with Crippen LogP contribution in [0.15, 0.2) is 84.9 Å². The molecule has 0 fully saturated rings. The van der Waals surface area contributed by atoms with Crippen LogP contribution in [0.5, 0.6) is 0 Å². The smallest absolute Gasteiger partial charge is 0.0362 e. The third-order valence-electron chi connectivity index (χ3n) is 7.90. The highest BCUT2D eigenvalue weighted by atomic mass is 14.3. The van der Waals surface area contributed by atoms with Gasteiger partial charge in [-0.3, -0.25) is 0 Å². The van der Waals surface area contributed by atoms with E-state index < -0.39 is 0 Å². The molecule has 0 heteroatoms. The van der Waals surface area contributed by atoms with Crippen LogP contribution in [0.4, 0.5) is 0 Å². The Morgan fingerprint density at radius 2 is 0.921 bits per heavy atom. The summed E-state index contributed by atoms with van der Waals surface area (Å²) < 4.78 is 0. The molecule has 5 aromatic rings. The minimum absolute atomic E-state index is 0.877. The molecule has 0 spiro atoms. The van der Waals surface area contributed by atoms with Gasteiger partial charge in [0.05, 0.1) is 0 Å². The molecule has 0 aromatic heterocycles. The maximum atomic E-state index is 3.50. The number of allylic oxidation sites excluding steroid dienone is 2. The zero-order chi connectivity index (χ0) is 25.6. The highest BCUT2D eigenvalue weighted by molar-refractivity contribution is 6.00. The summed E-state index contributed by atoms with van der Waals surface area (Å²) in [6.07, 6.45) is 6.49. The number of fused-ring (bicyclic) bond motifs is 4. The van der Waals surface area contributed by atoms with Gasteiger partial charge < -0.3 is 0 Å². The summed E-state index contributed by atoms with van der Waals surface area (Å²) >= 11 is 0. The maximum Gasteiger partial charge on any atom is 0.0362 e. The molecule has 0 heterocycles. The Bertz CT molecular complexity index is 1840. The van der Waals surface area contributed by atoms with Crippen LogP contribution in [0.2, 0.25) is 0 Å². The van der Waals surface area contributed by atoms with Crippen LogP contribution < -0.4 is 0 Å². The second kappa shape index (κ2) is 8.95. The second-order valence-corrected chi connectivity index (χ2v) is 10.1. The van der Waals surface area contributed by atoms with E-state index in [1.165, 1.54) is 77.2 Å². The monoisotopic (exact) mass is 482 g/mol. The third-order valence-corrected chi connectivity index (χ3v) is 7.90. The van der Waals surface area contributed by atoms with Crippen molar-refractivity contribution in [2.45, 2.75) is 26.7 Å². The van der Waals surface area contributed by atoms with Crippen molar-refractivity contribution in [3.63, 3.8) is 0 Å². The zero-order valence-corrected chi connectivity index (χ0v) is 21.7. The first-order chi connectivity index (χ1) is 18.7. The lowest BCUT2D eigenvalue weighted by Gasteiger charge is -2.14. The molecule has 38 heavy (non-hydrogen) atoms. The highest BCUT2D eigenvalue weighted by Gasteiger charge is 2.29. The lowest BCUT2D eigenvalue weighted by molar-refractivity contribution is 1.23. The van der Waals surface area contributed by atoms with Gasteiger partial charge in [0.15, 0.2) is 0 Å². The van der Waals surface area contributed by atoms with Crippen molar-refractivity contribution >= 4 is 44.8 Å². The van der Waals surface area contributed by atoms with E-state index >= 15 is 0 Å². The van der Waals surface area contributed by atoms with Gasteiger partial charge >= 0.3 is 0 Å². The van der Waals surface area contributed by atoms with E-state index in [0.29, 0.717) is 0 Å². The molecule has 0 radical (unpaired) electrons. The Kier molecular flexibility index (Phi) is 5.28. The van der Waals surface area contributed by atoms with Crippen molar-refractivity contribution in [2.75, 3.05) is 0 Å². The van der Waals surface area contributed by atoms with Gasteiger partial charge in [-0.2, -0.15) is 0 Å². The van der Waals surface area contributed by atoms with Crippen LogP contribution in [-0.4, -0.2) is 0 Å². The van der Waals surface area contributed by atoms with Crippen LogP contribution in [0.1, 0.15) is 58.4 Å². The number of hydrogen-bond donors (Lipinski definition) is 0. The lowest BCUT2D eigenvalue weighted by atomic mass is 9.88. The first-order valence-corrected chi connectivity index (χ1v) is 13.2. The Balaban J connectivity index is 1.37. The summed E-state index contributed by atoms with van der Waals surface area (Å²) in [5.74, 6) is 13.4. The van der Waals surface area contributed by atoms with Crippen molar-refractivity contribution in [1.82, 2.24) is 0 Å². The minimum Gasteiger partial charge on any atom is -0.101 e. The summed E-state index contributed by atoms with van der Waals surface area (Å²) in [6, 6.07) is 30.7. The predicted octanol–water partition coefficient (Wildman–Crippen LogP) is 8.93. The van der Waals surface area contributed by atoms with Crippen LogP contribution in [0, 0.1) is 23.7 Å². The van der Waals surface area contributed by atoms with Gasteiger partial charge in [0, 0.05) is 11.1 Å². The SMILES string of the molecule is CC#Cc1c2c(c(C#CC)c3c1CC(c1ccc4ccccc4c1)=C3)CC(c1ccc3ccccc3c1)=C2. The fourth-order valence-electron chi connectivity index (χ4n) is 6.10. The van der Waals surface area contributed by atoms with Crippen LogP contribution in [0.3, 0.4) is 0 Å². The van der Waals surface area contributed by atoms with Crippen molar-refractivity contribution < 1.29 is 0 Å². The highest BCUT2D eigenvalue weighted by Crippen LogP contribution is 2.44. The summed E-state index contributed by atoms with van der Waals surface area (Å²) in [7, 11) is 0. The topological polar surface area (TPSA) is 0 Å². The Hall–Kier alpha value is -4.78. The van der Waals surface area contributed by atoms with E-state index in [1.54, 1.807) is 0 Å². The second-order valence-electron chi connectivity index (χ2n) is 10.1. The van der Waals surface area contributed by atoms with Gasteiger partial charge in [-0.1, -0.05) is 84.6 Å². The van der Waals surface area contributed by atoms with E-state index in [0.717, 1.165) is 12.8 Å². The first kappa shape index (κ1) is 22.4. The zero-order valence-electron chi connectivity index (χ0n) is 21.7. The summed E-state index contributed by atoms with van der Waals surface area (Å²) in [6.45, 7) is 3.88. The molecule has 0 unspecified atom stereocenters. The van der Waals surface area contributed by atoms with Gasteiger partial charge in [0.25, 0.3) is 0 Å². The Morgan fingerprint density at radius 3 is 1.34 bits per heavy atom. The molecule has 0 amide bonds. The van der Waals surface area contributed by atoms with Crippen LogP contribution >= 0.6 is 0 Å². The molecular weight excluding hydrogens is 456 g/mol. The number of benzene rings is 5. The molecule has 2 aliphatic carbocycles. The largest absolute Gasteiger partial charge is 0.101 e. The average molecular weight is 483 g/mol. The maximum absolute atomic E-state index is 3.50. The van der Waals surface area contributed by atoms with Gasteiger partial charge in [0.1, 0.15) is 0 Å². The van der Waals surface area contributed by atoms with Crippen LogP contribution in [0.25, 0.3) is 44.8 Å². The fraction of sp³-hybridized carbons (Fsp3) is 0.105. The lowest BCUT2D eigenvalue weighted by Crippen LogP contribution is -2.02. The predicted molar refractivity (Wildman–Crippen MR) is 163 cm³/mol. The quantitative estimate of drug-likeness (QED) is 0.220. The van der Waals surface area contributed by atoms with Crippen molar-refractivity contribution in [3.8, 4) is 23.7 Å². The van der Waals surface area contributed by atoms with Gasteiger partial charge in [0.2, 0.25) is 0 Å². The Labute approximate surface area is 224 Å². The van der Waals surface area contributed by atoms with E-state index in [-0.39, 0.29) is 0 Å². The molecule has 0 aliphatic heterocycles. The number of hydrogen-bond acceptors (Lipinski definition) is 0. The van der Waals surface area contributed by atoms with E-state index in [1.807, 2.05) is 13.8 Å². The molecule has 7 rings (SSSR count). The van der Waals surface area contributed by atoms with Gasteiger partial charge in [-0.15, -0.1) is 11.8 Å². The molecule has 0 bridgehead atoms. The minimum atomic E-state index is 0.877. The van der Waals surface area contributed by atoms with E-state index in [2.05, 4.69) is 121 Å². The Morgan fingerprint density at radius 1 is 0.500 bits per heavy atom. The average Bonchev–Trinajstić information content (AvgIpc) is 3.60. The number of rotatable bonds is 2. The molecular formula is C38H26. The molecule has 0 saturated carbocycles. The summed E-state index contributed by atoms with van der Waals surface area (Å²) in [5.41, 5.74) is 12.7. The standard InChI is InChI=1S/C38H26/c1-3-9-33-35-21-31(29-17-15-25-11-5-7-13-27(25)19-29)23-37(35)34(10-4-2)38-24-32(22-36(33)38)30-18-16-26-12-6-8-14-28(26)20-30/h5-8,11-21,24H,22-23H2,1-2H3. The molecule has 178 valence electrons. The molecule has 2 aliphatic rings. The van der Waals surface area contributed by atoms with Gasteiger partial charge in [-0.05, 0) is 117 Å². The van der Waals surface area contributed by atoms with Crippen molar-refractivity contribution in [3.05, 3.63) is 129 Å². The molecule has 0 saturated heterocycles. The van der Waals surface area contributed by atoms with Gasteiger partial charge in [-0.25, -0.2) is 0 Å².